The van der Waals surface area contributed by atoms with E-state index in [1.54, 1.807) is 6.07 Å². The van der Waals surface area contributed by atoms with Crippen molar-refractivity contribution in [3.8, 4) is 0 Å². The van der Waals surface area contributed by atoms with Crippen molar-refractivity contribution in [2.24, 2.45) is 5.92 Å². The predicted molar refractivity (Wildman–Crippen MR) is 169 cm³/mol. The predicted octanol–water partition coefficient (Wildman–Crippen LogP) is 2.52. The summed E-state index contributed by atoms with van der Waals surface area (Å²) in [7, 11) is -3.82. The summed E-state index contributed by atoms with van der Waals surface area (Å²) in [6, 6.07) is 9.76. The fourth-order valence-electron chi connectivity index (χ4n) is 4.96. The van der Waals surface area contributed by atoms with Crippen LogP contribution in [0.3, 0.4) is 0 Å². The Morgan fingerprint density at radius 1 is 0.932 bits per heavy atom. The van der Waals surface area contributed by atoms with Crippen molar-refractivity contribution in [3.63, 3.8) is 0 Å². The first-order valence-corrected chi connectivity index (χ1v) is 17.0. The van der Waals surface area contributed by atoms with Crippen LogP contribution in [0.25, 0.3) is 0 Å². The second-order valence-electron chi connectivity index (χ2n) is 11.6. The van der Waals surface area contributed by atoms with E-state index in [-0.39, 0.29) is 24.4 Å². The van der Waals surface area contributed by atoms with Crippen LogP contribution < -0.4 is 16.0 Å². The lowest BCUT2D eigenvalue weighted by Gasteiger charge is -2.31. The second kappa shape index (κ2) is 18.5. The molecule has 0 aliphatic heterocycles. The summed E-state index contributed by atoms with van der Waals surface area (Å²) in [5, 5.41) is 29.0. The zero-order valence-electron chi connectivity index (χ0n) is 26.1. The number of amides is 3. The van der Waals surface area contributed by atoms with E-state index in [4.69, 9.17) is 0 Å². The Balaban J connectivity index is 2.23. The number of carbonyl (C=O) groups excluding carboxylic acids is 3. The smallest absolute Gasteiger partial charge is 0.253 e. The van der Waals surface area contributed by atoms with Crippen LogP contribution in [0.2, 0.25) is 0 Å². The molecule has 2 rings (SSSR count). The number of aliphatic hydroxyl groups excluding tert-OH is 2. The molecule has 44 heavy (non-hydrogen) atoms. The molecule has 1 unspecified atom stereocenters. The second-order valence-corrected chi connectivity index (χ2v) is 13.9. The maximum Gasteiger partial charge on any atom is 0.253 e. The van der Waals surface area contributed by atoms with Crippen molar-refractivity contribution in [2.75, 3.05) is 5.75 Å². The number of sulfone groups is 1. The average molecular weight is 633 g/mol. The number of pyridine rings is 1. The Hall–Kier alpha value is -3.35. The Morgan fingerprint density at radius 3 is 2.16 bits per heavy atom. The van der Waals surface area contributed by atoms with Crippen LogP contribution in [0.4, 0.5) is 0 Å². The van der Waals surface area contributed by atoms with Gasteiger partial charge in [-0.3, -0.25) is 19.4 Å². The minimum absolute atomic E-state index is 0.0419. The van der Waals surface area contributed by atoms with Crippen LogP contribution in [0.15, 0.2) is 54.9 Å². The zero-order chi connectivity index (χ0) is 32.7. The summed E-state index contributed by atoms with van der Waals surface area (Å²) in [5.74, 6) is -2.65. The molecule has 11 nitrogen and oxygen atoms in total. The minimum atomic E-state index is -3.82. The topological polar surface area (TPSA) is 175 Å². The van der Waals surface area contributed by atoms with E-state index < -0.39 is 69.3 Å². The molecule has 0 fully saturated rings. The first kappa shape index (κ1) is 36.8. The van der Waals surface area contributed by atoms with Gasteiger partial charge in [0.25, 0.3) is 5.91 Å². The number of hydrogen-bond donors (Lipinski definition) is 5. The molecule has 0 aliphatic carbocycles. The summed E-state index contributed by atoms with van der Waals surface area (Å²) in [5.41, 5.74) is 1.02. The number of hydrogen-bond acceptors (Lipinski definition) is 8. The van der Waals surface area contributed by atoms with E-state index in [1.165, 1.54) is 18.5 Å². The number of benzene rings is 1. The molecule has 4 atom stereocenters. The minimum Gasteiger partial charge on any atom is -0.390 e. The van der Waals surface area contributed by atoms with Crippen LogP contribution in [0, 0.1) is 5.92 Å². The number of aromatic nitrogens is 1. The van der Waals surface area contributed by atoms with E-state index in [0.29, 0.717) is 25.7 Å². The van der Waals surface area contributed by atoms with Gasteiger partial charge in [0.1, 0.15) is 12.1 Å². The van der Waals surface area contributed by atoms with Gasteiger partial charge in [-0.05, 0) is 42.9 Å². The Labute approximate surface area is 261 Å². The van der Waals surface area contributed by atoms with Crippen LogP contribution in [0.5, 0.6) is 0 Å². The number of nitrogens with one attached hydrogen (secondary N) is 3. The number of carbonyl (C=O) groups is 3. The molecular formula is C32H48N4O7S. The van der Waals surface area contributed by atoms with Crippen molar-refractivity contribution < 1.29 is 33.0 Å². The highest BCUT2D eigenvalue weighted by molar-refractivity contribution is 7.92. The summed E-state index contributed by atoms with van der Waals surface area (Å²) in [6.45, 7) is 7.74. The fraction of sp³-hybridized carbons (Fsp3) is 0.562. The van der Waals surface area contributed by atoms with E-state index in [9.17, 15) is 33.0 Å². The SMILES string of the molecule is CCCC(CCC)S(=O)(=O)CC(NC(=O)c1cccnc1)C(=O)N[C@@H](CC(C)C)[C@@H](O)[C@H](O)CC(=O)NCc1ccccc1. The van der Waals surface area contributed by atoms with E-state index >= 15 is 0 Å². The molecule has 0 aliphatic rings. The number of nitrogens with zero attached hydrogens (tertiary/aromatic N) is 1. The standard InChI is InChI=1S/C32H48N4O7S/c1-5-11-25(12-6-2)44(42,43)21-27(36-31(40)24-15-10-16-33-20-24)32(41)35-26(17-22(3)4)30(39)28(37)18-29(38)34-19-23-13-8-7-9-14-23/h7-10,13-16,20,22,25-28,30,37,39H,5-6,11-12,17-19,21H2,1-4H3,(H,34,38)(H,35,41)(H,36,40)/t26-,27?,28+,30+/m0/s1. The molecule has 0 saturated carbocycles. The maximum atomic E-state index is 13.6. The van der Waals surface area contributed by atoms with Crippen LogP contribution in [-0.2, 0) is 26.0 Å². The summed E-state index contributed by atoms with van der Waals surface area (Å²) in [6.07, 6.45) is 1.68. The first-order chi connectivity index (χ1) is 20.9. The quantitative estimate of drug-likeness (QED) is 0.157. The van der Waals surface area contributed by atoms with Gasteiger partial charge in [0.15, 0.2) is 9.84 Å². The van der Waals surface area contributed by atoms with Crippen LogP contribution in [-0.4, -0.2) is 76.6 Å². The first-order valence-electron chi connectivity index (χ1n) is 15.3. The van der Waals surface area contributed by atoms with Gasteiger partial charge in [-0.15, -0.1) is 0 Å². The van der Waals surface area contributed by atoms with Crippen LogP contribution in [0.1, 0.15) is 82.1 Å². The Morgan fingerprint density at radius 2 is 1.59 bits per heavy atom. The summed E-state index contributed by atoms with van der Waals surface area (Å²) >= 11 is 0. The van der Waals surface area contributed by atoms with E-state index in [0.717, 1.165) is 5.56 Å². The van der Waals surface area contributed by atoms with E-state index in [2.05, 4.69) is 20.9 Å². The van der Waals surface area contributed by atoms with Gasteiger partial charge in [0, 0.05) is 18.9 Å². The van der Waals surface area contributed by atoms with Crippen molar-refractivity contribution in [2.45, 2.75) is 102 Å². The Bertz CT molecular complexity index is 1270. The molecular weight excluding hydrogens is 584 g/mol. The van der Waals surface area contributed by atoms with Crippen molar-refractivity contribution in [3.05, 3.63) is 66.0 Å². The molecule has 0 spiro atoms. The molecule has 1 heterocycles. The van der Waals surface area contributed by atoms with Crippen molar-refractivity contribution in [1.82, 2.24) is 20.9 Å². The van der Waals surface area contributed by atoms with Crippen molar-refractivity contribution >= 4 is 27.6 Å². The molecule has 5 N–H and O–H groups in total. The molecule has 0 saturated heterocycles. The summed E-state index contributed by atoms with van der Waals surface area (Å²) in [4.78, 5) is 43.1. The van der Waals surface area contributed by atoms with Gasteiger partial charge in [0.05, 0.1) is 35.1 Å². The number of rotatable bonds is 19. The van der Waals surface area contributed by atoms with Gasteiger partial charge < -0.3 is 26.2 Å². The Kier molecular flexibility index (Phi) is 15.5. The number of aliphatic hydroxyl groups is 2. The molecule has 244 valence electrons. The van der Waals surface area contributed by atoms with Crippen LogP contribution >= 0.6 is 0 Å². The van der Waals surface area contributed by atoms with E-state index in [1.807, 2.05) is 58.0 Å². The molecule has 2 aromatic rings. The third kappa shape index (κ3) is 12.3. The van der Waals surface area contributed by atoms with Gasteiger partial charge in [-0.25, -0.2) is 8.42 Å². The molecule has 3 amide bonds. The lowest BCUT2D eigenvalue weighted by Crippen LogP contribution is -2.57. The zero-order valence-corrected chi connectivity index (χ0v) is 26.9. The van der Waals surface area contributed by atoms with Crippen molar-refractivity contribution in [1.29, 1.82) is 0 Å². The molecule has 0 radical (unpaired) electrons. The highest BCUT2D eigenvalue weighted by Gasteiger charge is 2.36. The monoisotopic (exact) mass is 632 g/mol. The fourth-order valence-corrected chi connectivity index (χ4v) is 7.12. The van der Waals surface area contributed by atoms with Gasteiger partial charge >= 0.3 is 0 Å². The molecule has 1 aromatic heterocycles. The molecule has 12 heteroatoms. The maximum absolute atomic E-state index is 13.6. The van der Waals surface area contributed by atoms with Gasteiger partial charge in [-0.1, -0.05) is 70.9 Å². The van der Waals surface area contributed by atoms with Gasteiger partial charge in [-0.2, -0.15) is 0 Å². The van der Waals surface area contributed by atoms with Gasteiger partial charge in [0.2, 0.25) is 11.8 Å². The highest BCUT2D eigenvalue weighted by atomic mass is 32.2. The third-order valence-electron chi connectivity index (χ3n) is 7.26. The normalized spacial score (nSPS) is 14.5. The lowest BCUT2D eigenvalue weighted by molar-refractivity contribution is -0.127. The molecule has 1 aromatic carbocycles. The lowest BCUT2D eigenvalue weighted by atomic mass is 9.94. The third-order valence-corrected chi connectivity index (χ3v) is 9.55. The largest absolute Gasteiger partial charge is 0.390 e. The molecule has 0 bridgehead atoms. The highest BCUT2D eigenvalue weighted by Crippen LogP contribution is 2.18. The summed E-state index contributed by atoms with van der Waals surface area (Å²) < 4.78 is 26.9. The average Bonchev–Trinajstić information content (AvgIpc) is 2.99.